The molecule has 0 spiro atoms. The Morgan fingerprint density at radius 1 is 1.78 bits per heavy atom. The van der Waals surface area contributed by atoms with Gasteiger partial charge in [0.2, 0.25) is 0 Å². The van der Waals surface area contributed by atoms with Crippen molar-refractivity contribution in [3.63, 3.8) is 0 Å². The van der Waals surface area contributed by atoms with Crippen LogP contribution in [0.2, 0.25) is 0 Å². The molecule has 1 rings (SSSR count). The molecule has 4 heteroatoms. The molecule has 0 aliphatic heterocycles. The van der Waals surface area contributed by atoms with Gasteiger partial charge in [0.25, 0.3) is 0 Å². The van der Waals surface area contributed by atoms with E-state index in [-0.39, 0.29) is 0 Å². The predicted molar refractivity (Wildman–Crippen MR) is 38.3 cm³/mol. The first kappa shape index (κ1) is 6.89. The standard InChI is InChI=1S/C5H8N2S2/c1-3-4-5(8)9-6-7(4)2/h3H2,1-2H3. The van der Waals surface area contributed by atoms with Crippen LogP contribution in [0.15, 0.2) is 4.21 Å². The van der Waals surface area contributed by atoms with Gasteiger partial charge in [0.15, 0.2) is 12.7 Å². The average molecular weight is 160 g/mol. The van der Waals surface area contributed by atoms with Gasteiger partial charge in [0.05, 0.1) is 0 Å². The summed E-state index contributed by atoms with van der Waals surface area (Å²) < 4.78 is 6.80. The molecule has 0 radical (unpaired) electrons. The molecule has 2 nitrogen and oxygen atoms in total. The number of aromatic nitrogens is 2. The number of hydrogen-bond donors (Lipinski definition) is 0. The van der Waals surface area contributed by atoms with E-state index in [4.69, 9.17) is 12.6 Å². The van der Waals surface area contributed by atoms with Gasteiger partial charge in [-0.15, -0.1) is 0 Å². The van der Waals surface area contributed by atoms with E-state index < -0.39 is 0 Å². The molecule has 0 N–H and O–H groups in total. The molecule has 0 saturated heterocycles. The minimum Gasteiger partial charge on any atom is -0.420 e. The Labute approximate surface area is 64.1 Å². The van der Waals surface area contributed by atoms with E-state index in [1.165, 1.54) is 11.5 Å². The molecule has 1 aromatic heterocycles. The molecule has 9 heavy (non-hydrogen) atoms. The molecule has 0 unspecified atom stereocenters. The van der Waals surface area contributed by atoms with Gasteiger partial charge in [-0.3, -0.25) is 0 Å². The lowest BCUT2D eigenvalue weighted by atomic mass is 10.4. The molecular formula is C5H8N2S2. The maximum Gasteiger partial charge on any atom is 0.197 e. The number of aryl methyl sites for hydroxylation is 1. The molecule has 0 aliphatic rings. The van der Waals surface area contributed by atoms with Crippen molar-refractivity contribution in [3.8, 4) is 0 Å². The third-order valence-corrected chi connectivity index (χ3v) is 2.39. The highest BCUT2D eigenvalue weighted by Crippen LogP contribution is 2.06. The maximum absolute atomic E-state index is 5.01. The van der Waals surface area contributed by atoms with Crippen molar-refractivity contribution in [3.05, 3.63) is 5.69 Å². The fourth-order valence-corrected chi connectivity index (χ4v) is 1.76. The zero-order chi connectivity index (χ0) is 6.85. The SMILES string of the molecule is CCc1c([S-])sn[n+]1C. The Balaban J connectivity index is 3.07. The molecule has 0 saturated carbocycles. The minimum absolute atomic E-state index is 0.917. The first-order valence-electron chi connectivity index (χ1n) is 2.77. The van der Waals surface area contributed by atoms with Crippen LogP contribution in [0.25, 0.3) is 0 Å². The van der Waals surface area contributed by atoms with E-state index in [1.807, 2.05) is 11.7 Å². The zero-order valence-electron chi connectivity index (χ0n) is 5.42. The van der Waals surface area contributed by atoms with Gasteiger partial charge >= 0.3 is 0 Å². The lowest BCUT2D eigenvalue weighted by molar-refractivity contribution is -0.730. The molecule has 1 heterocycles. The Bertz CT molecular complexity index is 187. The molecule has 0 aromatic carbocycles. The van der Waals surface area contributed by atoms with Crippen molar-refractivity contribution in [2.45, 2.75) is 17.6 Å². The topological polar surface area (TPSA) is 16.8 Å². The van der Waals surface area contributed by atoms with Crippen LogP contribution in [-0.4, -0.2) is 4.49 Å². The lowest BCUT2D eigenvalue weighted by Gasteiger charge is -1.89. The molecule has 0 atom stereocenters. The van der Waals surface area contributed by atoms with Crippen molar-refractivity contribution in [2.75, 3.05) is 0 Å². The maximum atomic E-state index is 5.01. The molecule has 50 valence electrons. The number of nitrogens with zero attached hydrogens (tertiary/aromatic N) is 2. The zero-order valence-corrected chi connectivity index (χ0v) is 7.05. The predicted octanol–water partition coefficient (Wildman–Crippen LogP) is 0.436. The fourth-order valence-electron chi connectivity index (χ4n) is 0.706. The van der Waals surface area contributed by atoms with Crippen molar-refractivity contribution < 1.29 is 4.68 Å². The van der Waals surface area contributed by atoms with E-state index in [0.29, 0.717) is 0 Å². The summed E-state index contributed by atoms with van der Waals surface area (Å²) in [4.78, 5) is 0. The third-order valence-electron chi connectivity index (χ3n) is 1.21. The summed E-state index contributed by atoms with van der Waals surface area (Å²) in [6, 6.07) is 0. The van der Waals surface area contributed by atoms with Crippen molar-refractivity contribution in [1.82, 2.24) is 4.49 Å². The Morgan fingerprint density at radius 3 is 2.67 bits per heavy atom. The van der Waals surface area contributed by atoms with E-state index in [2.05, 4.69) is 11.4 Å². The summed E-state index contributed by atoms with van der Waals surface area (Å²) in [5.74, 6) is 0. The van der Waals surface area contributed by atoms with Gasteiger partial charge in [-0.2, -0.15) is 11.5 Å². The number of rotatable bonds is 1. The lowest BCUT2D eigenvalue weighted by Crippen LogP contribution is -2.33. The summed E-state index contributed by atoms with van der Waals surface area (Å²) >= 11 is 6.39. The Kier molecular flexibility index (Phi) is 1.97. The van der Waals surface area contributed by atoms with Gasteiger partial charge in [0.1, 0.15) is 0 Å². The summed E-state index contributed by atoms with van der Waals surface area (Å²) in [6.45, 7) is 2.08. The van der Waals surface area contributed by atoms with Crippen molar-refractivity contribution >= 4 is 24.2 Å². The summed E-state index contributed by atoms with van der Waals surface area (Å²) in [7, 11) is 1.92. The van der Waals surface area contributed by atoms with Crippen LogP contribution in [0.4, 0.5) is 0 Å². The molecule has 0 fully saturated rings. The van der Waals surface area contributed by atoms with Crippen LogP contribution in [0, 0.1) is 0 Å². The Hall–Kier alpha value is -0.220. The first-order valence-corrected chi connectivity index (χ1v) is 3.95. The average Bonchev–Trinajstić information content (AvgIpc) is 2.12. The van der Waals surface area contributed by atoms with Crippen LogP contribution in [0.3, 0.4) is 0 Å². The summed E-state index contributed by atoms with van der Waals surface area (Å²) in [5, 5.41) is 0. The second kappa shape index (κ2) is 2.58. The van der Waals surface area contributed by atoms with E-state index >= 15 is 0 Å². The van der Waals surface area contributed by atoms with Gasteiger partial charge in [-0.1, -0.05) is 11.6 Å². The number of hydrogen-bond acceptors (Lipinski definition) is 3. The second-order valence-electron chi connectivity index (χ2n) is 1.78. The van der Waals surface area contributed by atoms with Crippen LogP contribution in [0.5, 0.6) is 0 Å². The van der Waals surface area contributed by atoms with Gasteiger partial charge in [0, 0.05) is 6.42 Å². The molecule has 0 bridgehead atoms. The van der Waals surface area contributed by atoms with Crippen LogP contribution < -0.4 is 4.68 Å². The Morgan fingerprint density at radius 2 is 2.44 bits per heavy atom. The van der Waals surface area contributed by atoms with Crippen LogP contribution in [0.1, 0.15) is 12.6 Å². The highest BCUT2D eigenvalue weighted by Gasteiger charge is 2.04. The normalized spacial score (nSPS) is 10.0. The molecule has 1 aromatic rings. The van der Waals surface area contributed by atoms with Gasteiger partial charge in [-0.25, -0.2) is 0 Å². The third kappa shape index (κ3) is 1.19. The van der Waals surface area contributed by atoms with Crippen LogP contribution in [-0.2, 0) is 26.1 Å². The fraction of sp³-hybridized carbons (Fsp3) is 0.600. The highest BCUT2D eigenvalue weighted by atomic mass is 32.2. The summed E-state index contributed by atoms with van der Waals surface area (Å²) in [6.07, 6.45) is 0.978. The summed E-state index contributed by atoms with van der Waals surface area (Å²) in [5.41, 5.74) is 1.16. The second-order valence-corrected chi connectivity index (χ2v) is 3.21. The largest absolute Gasteiger partial charge is 0.420 e. The molecule has 0 aliphatic carbocycles. The van der Waals surface area contributed by atoms with E-state index in [1.54, 1.807) is 0 Å². The van der Waals surface area contributed by atoms with E-state index in [9.17, 15) is 0 Å². The van der Waals surface area contributed by atoms with E-state index in [0.717, 1.165) is 16.3 Å². The molecule has 0 amide bonds. The van der Waals surface area contributed by atoms with Crippen molar-refractivity contribution in [1.29, 1.82) is 0 Å². The van der Waals surface area contributed by atoms with Crippen LogP contribution >= 0.6 is 11.5 Å². The first-order chi connectivity index (χ1) is 4.25. The monoisotopic (exact) mass is 160 g/mol. The minimum atomic E-state index is 0.917. The van der Waals surface area contributed by atoms with Crippen molar-refractivity contribution in [2.24, 2.45) is 7.05 Å². The molecular weight excluding hydrogens is 152 g/mol. The van der Waals surface area contributed by atoms with Gasteiger partial charge < -0.3 is 12.6 Å². The quantitative estimate of drug-likeness (QED) is 0.438. The van der Waals surface area contributed by atoms with Gasteiger partial charge in [-0.05, 0) is 8.70 Å². The smallest absolute Gasteiger partial charge is 0.197 e. The highest BCUT2D eigenvalue weighted by molar-refractivity contribution is 7.62.